The van der Waals surface area contributed by atoms with E-state index in [1.54, 1.807) is 0 Å². The summed E-state index contributed by atoms with van der Waals surface area (Å²) in [4.78, 5) is 21.4. The van der Waals surface area contributed by atoms with Crippen molar-refractivity contribution in [2.75, 3.05) is 31.1 Å². The van der Waals surface area contributed by atoms with Gasteiger partial charge in [-0.2, -0.15) is 0 Å². The summed E-state index contributed by atoms with van der Waals surface area (Å²) >= 11 is 0. The van der Waals surface area contributed by atoms with E-state index in [1.807, 2.05) is 48.5 Å². The average molecular weight is 334 g/mol. The van der Waals surface area contributed by atoms with E-state index in [4.69, 9.17) is 0 Å². The number of hydrogen-bond acceptors (Lipinski definition) is 3. The highest BCUT2D eigenvalue weighted by atomic mass is 16.2. The standard InChI is InChI=1S/C20H22N4O/c1-22-15-16(17-6-2-3-7-18(17)22)14-20(25)24-12-10-23(11-13-24)19-8-4-5-9-21-19/h2-9,15H,10-14H2,1H3. The predicted octanol–water partition coefficient (Wildman–Crippen LogP) is 2.46. The van der Waals surface area contributed by atoms with Crippen LogP contribution in [0.5, 0.6) is 0 Å². The zero-order chi connectivity index (χ0) is 17.2. The van der Waals surface area contributed by atoms with Gasteiger partial charge in [-0.15, -0.1) is 0 Å². The molecule has 5 heteroatoms. The highest BCUT2D eigenvalue weighted by molar-refractivity contribution is 5.89. The van der Waals surface area contributed by atoms with Gasteiger partial charge in [-0.3, -0.25) is 4.79 Å². The van der Waals surface area contributed by atoms with Crippen LogP contribution in [0.3, 0.4) is 0 Å². The first kappa shape index (κ1) is 15.7. The third-order valence-electron chi connectivity index (χ3n) is 4.93. The number of para-hydroxylation sites is 1. The van der Waals surface area contributed by atoms with Crippen molar-refractivity contribution in [3.63, 3.8) is 0 Å². The van der Waals surface area contributed by atoms with Crippen molar-refractivity contribution in [1.82, 2.24) is 14.5 Å². The summed E-state index contributed by atoms with van der Waals surface area (Å²) in [6.07, 6.45) is 4.35. The molecule has 3 aromatic rings. The number of fused-ring (bicyclic) bond motifs is 1. The van der Waals surface area contributed by atoms with E-state index in [9.17, 15) is 4.79 Å². The number of carbonyl (C=O) groups is 1. The van der Waals surface area contributed by atoms with E-state index < -0.39 is 0 Å². The zero-order valence-electron chi connectivity index (χ0n) is 14.4. The lowest BCUT2D eigenvalue weighted by molar-refractivity contribution is -0.130. The molecule has 0 unspecified atom stereocenters. The molecule has 0 N–H and O–H groups in total. The second kappa shape index (κ2) is 6.59. The minimum Gasteiger partial charge on any atom is -0.353 e. The Bertz CT molecular complexity index is 879. The fourth-order valence-corrected chi connectivity index (χ4v) is 3.57. The van der Waals surface area contributed by atoms with Gasteiger partial charge in [0.1, 0.15) is 5.82 Å². The number of anilines is 1. The van der Waals surface area contributed by atoms with Crippen LogP contribution in [0.1, 0.15) is 5.56 Å². The summed E-state index contributed by atoms with van der Waals surface area (Å²) < 4.78 is 2.09. The minimum absolute atomic E-state index is 0.206. The third kappa shape index (κ3) is 3.09. The number of aromatic nitrogens is 2. The molecule has 128 valence electrons. The average Bonchev–Trinajstić information content (AvgIpc) is 2.98. The van der Waals surface area contributed by atoms with Crippen LogP contribution in [0.4, 0.5) is 5.82 Å². The van der Waals surface area contributed by atoms with E-state index in [2.05, 4.69) is 32.8 Å². The van der Waals surface area contributed by atoms with E-state index >= 15 is 0 Å². The van der Waals surface area contributed by atoms with E-state index in [0.29, 0.717) is 6.42 Å². The van der Waals surface area contributed by atoms with Gasteiger partial charge in [0.05, 0.1) is 6.42 Å². The molecule has 1 saturated heterocycles. The summed E-state index contributed by atoms with van der Waals surface area (Å²) in [6.45, 7) is 3.16. The topological polar surface area (TPSA) is 41.4 Å². The lowest BCUT2D eigenvalue weighted by Gasteiger charge is -2.35. The van der Waals surface area contributed by atoms with Gasteiger partial charge in [-0.25, -0.2) is 4.98 Å². The zero-order valence-corrected chi connectivity index (χ0v) is 14.4. The van der Waals surface area contributed by atoms with Gasteiger partial charge in [-0.05, 0) is 23.8 Å². The molecule has 1 aliphatic rings. The summed E-state index contributed by atoms with van der Waals surface area (Å²) in [5.74, 6) is 1.20. The molecular weight excluding hydrogens is 312 g/mol. The Morgan fingerprint density at radius 3 is 2.56 bits per heavy atom. The molecule has 1 fully saturated rings. The van der Waals surface area contributed by atoms with Gasteiger partial charge in [-0.1, -0.05) is 24.3 Å². The molecule has 0 radical (unpaired) electrons. The summed E-state index contributed by atoms with van der Waals surface area (Å²) in [5, 5.41) is 1.17. The molecule has 0 atom stereocenters. The molecule has 3 heterocycles. The van der Waals surface area contributed by atoms with Gasteiger partial charge in [0.15, 0.2) is 0 Å². The van der Waals surface area contributed by atoms with Crippen molar-refractivity contribution in [2.24, 2.45) is 7.05 Å². The molecule has 0 aliphatic carbocycles. The highest BCUT2D eigenvalue weighted by Crippen LogP contribution is 2.21. The molecule has 5 nitrogen and oxygen atoms in total. The third-order valence-corrected chi connectivity index (χ3v) is 4.93. The SMILES string of the molecule is Cn1cc(CC(=O)N2CCN(c3ccccn3)CC2)c2ccccc21. The lowest BCUT2D eigenvalue weighted by atomic mass is 10.1. The maximum atomic E-state index is 12.7. The van der Waals surface area contributed by atoms with E-state index in [0.717, 1.165) is 37.6 Å². The first-order valence-corrected chi connectivity index (χ1v) is 8.69. The number of pyridine rings is 1. The Balaban J connectivity index is 1.42. The summed E-state index contributed by atoms with van der Waals surface area (Å²) in [6, 6.07) is 14.2. The number of hydrogen-bond donors (Lipinski definition) is 0. The molecule has 0 spiro atoms. The fraction of sp³-hybridized carbons (Fsp3) is 0.300. The van der Waals surface area contributed by atoms with Crippen molar-refractivity contribution < 1.29 is 4.79 Å². The Labute approximate surface area is 147 Å². The van der Waals surface area contributed by atoms with Crippen molar-refractivity contribution in [3.8, 4) is 0 Å². The molecule has 0 saturated carbocycles. The van der Waals surface area contributed by atoms with Crippen LogP contribution < -0.4 is 4.90 Å². The molecule has 2 aromatic heterocycles. The first-order valence-electron chi connectivity index (χ1n) is 8.69. The number of benzene rings is 1. The quantitative estimate of drug-likeness (QED) is 0.739. The largest absolute Gasteiger partial charge is 0.353 e. The Kier molecular flexibility index (Phi) is 4.14. The van der Waals surface area contributed by atoms with Crippen LogP contribution in [0, 0.1) is 0 Å². The van der Waals surface area contributed by atoms with E-state index in [1.165, 1.54) is 10.9 Å². The van der Waals surface area contributed by atoms with Crippen LogP contribution >= 0.6 is 0 Å². The lowest BCUT2D eigenvalue weighted by Crippen LogP contribution is -2.49. The van der Waals surface area contributed by atoms with Crippen molar-refractivity contribution in [2.45, 2.75) is 6.42 Å². The van der Waals surface area contributed by atoms with E-state index in [-0.39, 0.29) is 5.91 Å². The molecule has 1 amide bonds. The maximum Gasteiger partial charge on any atom is 0.227 e. The van der Waals surface area contributed by atoms with Crippen LogP contribution in [-0.2, 0) is 18.3 Å². The minimum atomic E-state index is 0.206. The summed E-state index contributed by atoms with van der Waals surface area (Å²) in [5.41, 5.74) is 2.28. The van der Waals surface area contributed by atoms with Gasteiger partial charge < -0.3 is 14.4 Å². The maximum absolute atomic E-state index is 12.7. The predicted molar refractivity (Wildman–Crippen MR) is 99.7 cm³/mol. The Hall–Kier alpha value is -2.82. The number of rotatable bonds is 3. The normalized spacial score (nSPS) is 14.9. The van der Waals surface area contributed by atoms with Crippen molar-refractivity contribution in [3.05, 3.63) is 60.4 Å². The molecule has 25 heavy (non-hydrogen) atoms. The van der Waals surface area contributed by atoms with Crippen LogP contribution in [0.25, 0.3) is 10.9 Å². The molecule has 1 aromatic carbocycles. The highest BCUT2D eigenvalue weighted by Gasteiger charge is 2.22. The molecule has 1 aliphatic heterocycles. The van der Waals surface area contributed by atoms with Crippen molar-refractivity contribution >= 4 is 22.6 Å². The first-order chi connectivity index (χ1) is 12.2. The van der Waals surface area contributed by atoms with Crippen molar-refractivity contribution in [1.29, 1.82) is 0 Å². The number of piperazine rings is 1. The van der Waals surface area contributed by atoms with Crippen LogP contribution in [0.15, 0.2) is 54.9 Å². The molecule has 0 bridgehead atoms. The Morgan fingerprint density at radius 2 is 1.80 bits per heavy atom. The number of nitrogens with zero attached hydrogens (tertiary/aromatic N) is 4. The van der Waals surface area contributed by atoms with Gasteiger partial charge >= 0.3 is 0 Å². The molecule has 4 rings (SSSR count). The smallest absolute Gasteiger partial charge is 0.227 e. The van der Waals surface area contributed by atoms with Crippen LogP contribution in [-0.4, -0.2) is 46.5 Å². The second-order valence-electron chi connectivity index (χ2n) is 6.51. The van der Waals surface area contributed by atoms with Crippen LogP contribution in [0.2, 0.25) is 0 Å². The number of amides is 1. The second-order valence-corrected chi connectivity index (χ2v) is 6.51. The van der Waals surface area contributed by atoms with Gasteiger partial charge in [0.2, 0.25) is 5.91 Å². The fourth-order valence-electron chi connectivity index (χ4n) is 3.57. The number of aryl methyl sites for hydroxylation is 1. The summed E-state index contributed by atoms with van der Waals surface area (Å²) in [7, 11) is 2.03. The van der Waals surface area contributed by atoms with Gasteiger partial charge in [0.25, 0.3) is 0 Å². The monoisotopic (exact) mass is 334 g/mol. The molecular formula is C20H22N4O. The number of carbonyl (C=O) groups excluding carboxylic acids is 1. The van der Waals surface area contributed by atoms with Gasteiger partial charge in [0, 0.05) is 56.5 Å². The Morgan fingerprint density at radius 1 is 1.04 bits per heavy atom.